The monoisotopic (exact) mass is 245 g/mol. The van der Waals surface area contributed by atoms with E-state index < -0.39 is 11.5 Å². The van der Waals surface area contributed by atoms with Gasteiger partial charge >= 0.3 is 5.97 Å². The number of rotatable bonds is 9. The minimum absolute atomic E-state index is 0.230. The molecule has 0 bridgehead atoms. The van der Waals surface area contributed by atoms with Crippen molar-refractivity contribution >= 4 is 5.97 Å². The summed E-state index contributed by atoms with van der Waals surface area (Å²) in [6.45, 7) is 8.75. The van der Waals surface area contributed by atoms with Crippen LogP contribution in [0.25, 0.3) is 0 Å². The Kier molecular flexibility index (Phi) is 7.39. The quantitative estimate of drug-likeness (QED) is 0.612. The lowest BCUT2D eigenvalue weighted by Gasteiger charge is -2.23. The van der Waals surface area contributed by atoms with Crippen LogP contribution in [0.3, 0.4) is 0 Å². The summed E-state index contributed by atoms with van der Waals surface area (Å²) in [6.07, 6.45) is 2.87. The summed E-state index contributed by atoms with van der Waals surface area (Å²) < 4.78 is 5.62. The van der Waals surface area contributed by atoms with Gasteiger partial charge in [-0.25, -0.2) is 0 Å². The van der Waals surface area contributed by atoms with Crippen LogP contribution >= 0.6 is 0 Å². The molecule has 0 radical (unpaired) electrons. The molecule has 0 rings (SSSR count). The van der Waals surface area contributed by atoms with Crippen molar-refractivity contribution in [3.05, 3.63) is 0 Å². The molecular formula is C13H27NO3. The second-order valence-corrected chi connectivity index (χ2v) is 5.23. The maximum absolute atomic E-state index is 11.0. The van der Waals surface area contributed by atoms with Crippen LogP contribution in [0.2, 0.25) is 0 Å². The van der Waals surface area contributed by atoms with E-state index in [1.807, 2.05) is 6.92 Å². The van der Waals surface area contributed by atoms with E-state index in [9.17, 15) is 4.79 Å². The molecule has 0 amide bonds. The molecule has 17 heavy (non-hydrogen) atoms. The van der Waals surface area contributed by atoms with Gasteiger partial charge in [-0.1, -0.05) is 20.8 Å². The van der Waals surface area contributed by atoms with Crippen molar-refractivity contribution in [2.75, 3.05) is 6.61 Å². The van der Waals surface area contributed by atoms with E-state index in [0.29, 0.717) is 31.8 Å². The number of carbonyl (C=O) groups is 1. The molecule has 4 heteroatoms. The SMILES string of the molecule is CCC(N)(CCCOC(C)CC(C)C)C(=O)O. The molecule has 4 nitrogen and oxygen atoms in total. The molecular weight excluding hydrogens is 218 g/mol. The maximum atomic E-state index is 11.0. The Morgan fingerprint density at radius 1 is 1.41 bits per heavy atom. The first-order valence-electron chi connectivity index (χ1n) is 6.45. The zero-order valence-electron chi connectivity index (χ0n) is 11.5. The Morgan fingerprint density at radius 3 is 2.41 bits per heavy atom. The van der Waals surface area contributed by atoms with Crippen molar-refractivity contribution in [3.63, 3.8) is 0 Å². The number of hydrogen-bond acceptors (Lipinski definition) is 3. The van der Waals surface area contributed by atoms with Crippen LogP contribution in [0, 0.1) is 5.92 Å². The molecule has 0 fully saturated rings. The number of aliphatic carboxylic acids is 1. The summed E-state index contributed by atoms with van der Waals surface area (Å²) in [5.74, 6) is -0.302. The molecule has 3 N–H and O–H groups in total. The average molecular weight is 245 g/mol. The molecule has 0 aliphatic rings. The number of nitrogens with two attached hydrogens (primary N) is 1. The van der Waals surface area contributed by atoms with E-state index in [4.69, 9.17) is 15.6 Å². The molecule has 0 aliphatic carbocycles. The summed E-state index contributed by atoms with van der Waals surface area (Å²) in [5.41, 5.74) is 4.69. The van der Waals surface area contributed by atoms with Gasteiger partial charge in [0.25, 0.3) is 0 Å². The van der Waals surface area contributed by atoms with Gasteiger partial charge in [0, 0.05) is 6.61 Å². The Balaban J connectivity index is 3.80. The van der Waals surface area contributed by atoms with Crippen LogP contribution in [-0.4, -0.2) is 29.3 Å². The fraction of sp³-hybridized carbons (Fsp3) is 0.923. The third kappa shape index (κ3) is 6.64. The van der Waals surface area contributed by atoms with Crippen molar-refractivity contribution in [2.24, 2.45) is 11.7 Å². The van der Waals surface area contributed by atoms with Gasteiger partial charge in [0.15, 0.2) is 0 Å². The van der Waals surface area contributed by atoms with Gasteiger partial charge in [-0.2, -0.15) is 0 Å². The van der Waals surface area contributed by atoms with Crippen LogP contribution in [0.1, 0.15) is 53.4 Å². The molecule has 0 aliphatic heterocycles. The molecule has 0 saturated heterocycles. The second kappa shape index (κ2) is 7.67. The molecule has 0 heterocycles. The highest BCUT2D eigenvalue weighted by molar-refractivity contribution is 5.78. The van der Waals surface area contributed by atoms with E-state index in [2.05, 4.69) is 13.8 Å². The Labute approximate surface area is 105 Å². The lowest BCUT2D eigenvalue weighted by Crippen LogP contribution is -2.47. The topological polar surface area (TPSA) is 72.5 Å². The molecule has 2 atom stereocenters. The highest BCUT2D eigenvalue weighted by Crippen LogP contribution is 2.15. The van der Waals surface area contributed by atoms with Gasteiger partial charge in [-0.3, -0.25) is 4.79 Å². The smallest absolute Gasteiger partial charge is 0.323 e. The van der Waals surface area contributed by atoms with Crippen molar-refractivity contribution in [1.29, 1.82) is 0 Å². The van der Waals surface area contributed by atoms with E-state index in [-0.39, 0.29) is 6.10 Å². The Hall–Kier alpha value is -0.610. The Bertz CT molecular complexity index is 231. The second-order valence-electron chi connectivity index (χ2n) is 5.23. The first-order chi connectivity index (χ1) is 7.81. The predicted octanol–water partition coefficient (Wildman–Crippen LogP) is 2.41. The van der Waals surface area contributed by atoms with E-state index in [0.717, 1.165) is 6.42 Å². The average Bonchev–Trinajstić information content (AvgIpc) is 2.22. The summed E-state index contributed by atoms with van der Waals surface area (Å²) in [5, 5.41) is 8.99. The summed E-state index contributed by atoms with van der Waals surface area (Å²) >= 11 is 0. The number of hydrogen-bond donors (Lipinski definition) is 2. The molecule has 0 spiro atoms. The zero-order chi connectivity index (χ0) is 13.5. The Morgan fingerprint density at radius 2 is 2.00 bits per heavy atom. The largest absolute Gasteiger partial charge is 0.480 e. The minimum atomic E-state index is -1.09. The highest BCUT2D eigenvalue weighted by atomic mass is 16.5. The molecule has 0 aromatic carbocycles. The van der Waals surface area contributed by atoms with Crippen LogP contribution < -0.4 is 5.73 Å². The van der Waals surface area contributed by atoms with Gasteiger partial charge in [0.1, 0.15) is 5.54 Å². The normalized spacial score (nSPS) is 16.8. The molecule has 2 unspecified atom stereocenters. The summed E-state index contributed by atoms with van der Waals surface area (Å²) in [7, 11) is 0. The lowest BCUT2D eigenvalue weighted by molar-refractivity contribution is -0.143. The number of carboxylic acids is 1. The lowest BCUT2D eigenvalue weighted by atomic mass is 9.92. The first kappa shape index (κ1) is 16.4. The van der Waals surface area contributed by atoms with Gasteiger partial charge in [0.2, 0.25) is 0 Å². The van der Waals surface area contributed by atoms with Crippen LogP contribution in [0.5, 0.6) is 0 Å². The molecule has 0 saturated carbocycles. The fourth-order valence-electron chi connectivity index (χ4n) is 1.84. The summed E-state index contributed by atoms with van der Waals surface area (Å²) in [4.78, 5) is 11.0. The summed E-state index contributed by atoms with van der Waals surface area (Å²) in [6, 6.07) is 0. The van der Waals surface area contributed by atoms with Gasteiger partial charge in [0.05, 0.1) is 6.10 Å². The van der Waals surface area contributed by atoms with E-state index in [1.165, 1.54) is 0 Å². The highest BCUT2D eigenvalue weighted by Gasteiger charge is 2.30. The molecule has 0 aromatic rings. The first-order valence-corrected chi connectivity index (χ1v) is 6.45. The molecule has 0 aromatic heterocycles. The van der Waals surface area contributed by atoms with Crippen molar-refractivity contribution < 1.29 is 14.6 Å². The number of carboxylic acid groups (broad SMARTS) is 1. The molecule has 102 valence electrons. The standard InChI is InChI=1S/C13H27NO3/c1-5-13(14,12(15)16)7-6-8-17-11(4)9-10(2)3/h10-11H,5-9,14H2,1-4H3,(H,15,16). The zero-order valence-corrected chi connectivity index (χ0v) is 11.5. The van der Waals surface area contributed by atoms with Crippen LogP contribution in [0.15, 0.2) is 0 Å². The number of ether oxygens (including phenoxy) is 1. The third-order valence-corrected chi connectivity index (χ3v) is 3.03. The van der Waals surface area contributed by atoms with Crippen molar-refractivity contribution in [3.8, 4) is 0 Å². The fourth-order valence-corrected chi connectivity index (χ4v) is 1.84. The van der Waals surface area contributed by atoms with Gasteiger partial charge < -0.3 is 15.6 Å². The third-order valence-electron chi connectivity index (χ3n) is 3.03. The predicted molar refractivity (Wildman–Crippen MR) is 68.9 cm³/mol. The van der Waals surface area contributed by atoms with Crippen LogP contribution in [0.4, 0.5) is 0 Å². The van der Waals surface area contributed by atoms with Crippen molar-refractivity contribution in [2.45, 2.75) is 65.0 Å². The van der Waals surface area contributed by atoms with Crippen LogP contribution in [-0.2, 0) is 9.53 Å². The van der Waals surface area contributed by atoms with Gasteiger partial charge in [-0.15, -0.1) is 0 Å². The van der Waals surface area contributed by atoms with Crippen molar-refractivity contribution in [1.82, 2.24) is 0 Å². The van der Waals surface area contributed by atoms with E-state index >= 15 is 0 Å². The minimum Gasteiger partial charge on any atom is -0.480 e. The van der Waals surface area contributed by atoms with E-state index in [1.54, 1.807) is 6.92 Å². The maximum Gasteiger partial charge on any atom is 0.323 e. The van der Waals surface area contributed by atoms with Gasteiger partial charge in [-0.05, 0) is 38.5 Å².